The van der Waals surface area contributed by atoms with Gasteiger partial charge >= 0.3 is 6.36 Å². The molecule has 2 heterocycles. The van der Waals surface area contributed by atoms with Gasteiger partial charge in [0, 0.05) is 12.2 Å². The van der Waals surface area contributed by atoms with E-state index in [-0.39, 0.29) is 24.4 Å². The summed E-state index contributed by atoms with van der Waals surface area (Å²) in [6.07, 6.45) is -2.73. The van der Waals surface area contributed by atoms with Gasteiger partial charge in [0.05, 0.1) is 5.41 Å². The topological polar surface area (TPSA) is 72.5 Å². The summed E-state index contributed by atoms with van der Waals surface area (Å²) in [5.74, 6) is -0.762. The van der Waals surface area contributed by atoms with Crippen LogP contribution in [0.4, 0.5) is 13.2 Å². The molecule has 0 spiro atoms. The molecule has 0 aromatic carbocycles. The monoisotopic (exact) mass is 375 g/mol. The first kappa shape index (κ1) is 20.3. The molecule has 2 rings (SSSR count). The summed E-state index contributed by atoms with van der Waals surface area (Å²) in [6.45, 7) is 6.91. The maximum absolute atomic E-state index is 12.6. The van der Waals surface area contributed by atoms with Crippen LogP contribution in [0.2, 0.25) is 0 Å². The number of alkyl halides is 3. The fourth-order valence-corrected chi connectivity index (χ4v) is 2.59. The predicted octanol–water partition coefficient (Wildman–Crippen LogP) is 2.50. The van der Waals surface area contributed by atoms with Crippen LogP contribution in [0.3, 0.4) is 0 Å². The summed E-state index contributed by atoms with van der Waals surface area (Å²) in [5.41, 5.74) is -0.947. The van der Waals surface area contributed by atoms with Crippen molar-refractivity contribution in [3.05, 3.63) is 18.3 Å². The highest BCUT2D eigenvalue weighted by Gasteiger charge is 2.35. The number of hydrogen-bond donors (Lipinski definition) is 2. The van der Waals surface area contributed by atoms with Gasteiger partial charge in [-0.15, -0.1) is 13.2 Å². The molecule has 0 unspecified atom stereocenters. The summed E-state index contributed by atoms with van der Waals surface area (Å²) in [5, 5.41) is 6.27. The third kappa shape index (κ3) is 5.76. The predicted molar refractivity (Wildman–Crippen MR) is 88.8 cm³/mol. The lowest BCUT2D eigenvalue weighted by atomic mass is 9.90. The number of nitrogens with zero attached hydrogens (tertiary/aromatic N) is 1. The molecule has 146 valence electrons. The van der Waals surface area contributed by atoms with Crippen LogP contribution in [0.25, 0.3) is 0 Å². The maximum Gasteiger partial charge on any atom is 0.573 e. The second-order valence-corrected chi connectivity index (χ2v) is 7.08. The number of pyridine rings is 1. The van der Waals surface area contributed by atoms with E-state index in [9.17, 15) is 18.0 Å². The zero-order chi connectivity index (χ0) is 19.4. The molecule has 0 aliphatic carbocycles. The van der Waals surface area contributed by atoms with E-state index in [1.165, 1.54) is 12.3 Å². The Morgan fingerprint density at radius 1 is 1.42 bits per heavy atom. The van der Waals surface area contributed by atoms with Gasteiger partial charge in [-0.3, -0.25) is 4.79 Å². The van der Waals surface area contributed by atoms with Crippen molar-refractivity contribution in [2.45, 2.75) is 39.6 Å². The van der Waals surface area contributed by atoms with Gasteiger partial charge in [-0.05, 0) is 51.4 Å². The number of ether oxygens (including phenoxy) is 2. The second kappa shape index (κ2) is 8.11. The Morgan fingerprint density at radius 2 is 2.15 bits per heavy atom. The SMILES string of the molecule is C[C@@H]1CNCC[C@H]1NC(=O)C(C)(C)COc1ncccc1OC(F)(F)F. The number of hydrogen-bond acceptors (Lipinski definition) is 5. The Balaban J connectivity index is 1.98. The van der Waals surface area contributed by atoms with E-state index in [0.717, 1.165) is 25.6 Å². The number of halogens is 3. The maximum atomic E-state index is 12.6. The first-order valence-electron chi connectivity index (χ1n) is 8.44. The summed E-state index contributed by atoms with van der Waals surface area (Å²) >= 11 is 0. The van der Waals surface area contributed by atoms with Gasteiger partial charge in [0.1, 0.15) is 6.61 Å². The largest absolute Gasteiger partial charge is 0.573 e. The molecule has 0 saturated carbocycles. The van der Waals surface area contributed by atoms with Gasteiger partial charge in [-0.25, -0.2) is 4.98 Å². The average molecular weight is 375 g/mol. The highest BCUT2D eigenvalue weighted by Crippen LogP contribution is 2.31. The quantitative estimate of drug-likeness (QED) is 0.799. The number of carbonyl (C=O) groups excluding carboxylic acids is 1. The fraction of sp³-hybridized carbons (Fsp3) is 0.647. The van der Waals surface area contributed by atoms with Gasteiger partial charge in [-0.2, -0.15) is 0 Å². The zero-order valence-corrected chi connectivity index (χ0v) is 15.0. The van der Waals surface area contributed by atoms with Crippen molar-refractivity contribution in [3.63, 3.8) is 0 Å². The lowest BCUT2D eigenvalue weighted by Crippen LogP contribution is -2.52. The van der Waals surface area contributed by atoms with Crippen molar-refractivity contribution >= 4 is 5.91 Å². The Labute approximate surface area is 150 Å². The van der Waals surface area contributed by atoms with Gasteiger partial charge in [0.2, 0.25) is 5.91 Å². The van der Waals surface area contributed by atoms with Crippen molar-refractivity contribution in [3.8, 4) is 11.6 Å². The van der Waals surface area contributed by atoms with Crippen molar-refractivity contribution in [2.75, 3.05) is 19.7 Å². The van der Waals surface area contributed by atoms with Crippen molar-refractivity contribution in [1.29, 1.82) is 0 Å². The van der Waals surface area contributed by atoms with E-state index in [1.807, 2.05) is 0 Å². The van der Waals surface area contributed by atoms with Crippen molar-refractivity contribution in [2.24, 2.45) is 11.3 Å². The Morgan fingerprint density at radius 3 is 2.81 bits per heavy atom. The van der Waals surface area contributed by atoms with Gasteiger partial charge < -0.3 is 20.1 Å². The highest BCUT2D eigenvalue weighted by molar-refractivity contribution is 5.82. The molecule has 1 saturated heterocycles. The van der Waals surface area contributed by atoms with Crippen LogP contribution in [0.1, 0.15) is 27.2 Å². The lowest BCUT2D eigenvalue weighted by Gasteiger charge is -2.33. The number of amides is 1. The second-order valence-electron chi connectivity index (χ2n) is 7.08. The van der Waals surface area contributed by atoms with Gasteiger partial charge in [0.15, 0.2) is 5.75 Å². The van der Waals surface area contributed by atoms with Gasteiger partial charge in [-0.1, -0.05) is 6.92 Å². The number of nitrogens with one attached hydrogen (secondary N) is 2. The molecule has 1 amide bonds. The Hall–Kier alpha value is -2.03. The molecule has 0 bridgehead atoms. The number of rotatable bonds is 6. The standard InChI is InChI=1S/C17H24F3N3O3/c1-11-9-21-8-6-12(11)23-15(24)16(2,3)10-25-14-13(5-4-7-22-14)26-17(18,19)20/h4-5,7,11-12,21H,6,8-10H2,1-3H3,(H,23,24)/t11-,12-/m1/s1. The molecule has 26 heavy (non-hydrogen) atoms. The zero-order valence-electron chi connectivity index (χ0n) is 15.0. The van der Waals surface area contributed by atoms with E-state index in [4.69, 9.17) is 4.74 Å². The van der Waals surface area contributed by atoms with Crippen molar-refractivity contribution in [1.82, 2.24) is 15.6 Å². The highest BCUT2D eigenvalue weighted by atomic mass is 19.4. The Bertz CT molecular complexity index is 623. The molecule has 1 aromatic heterocycles. The lowest BCUT2D eigenvalue weighted by molar-refractivity contribution is -0.275. The first-order valence-corrected chi connectivity index (χ1v) is 8.44. The minimum absolute atomic E-state index is 0.0574. The van der Waals surface area contributed by atoms with E-state index >= 15 is 0 Å². The molecule has 0 radical (unpaired) electrons. The van der Waals surface area contributed by atoms with Crippen LogP contribution in [0.5, 0.6) is 11.6 Å². The molecule has 2 atom stereocenters. The van der Waals surface area contributed by atoms with Gasteiger partial charge in [0.25, 0.3) is 5.88 Å². The molecule has 9 heteroatoms. The number of aromatic nitrogens is 1. The van der Waals surface area contributed by atoms with Crippen LogP contribution in [-0.4, -0.2) is 43.0 Å². The molecule has 2 N–H and O–H groups in total. The van der Waals surface area contributed by atoms with Crippen LogP contribution in [0.15, 0.2) is 18.3 Å². The van der Waals surface area contributed by atoms with E-state index in [2.05, 4.69) is 27.3 Å². The molecule has 1 aliphatic heterocycles. The third-order valence-electron chi connectivity index (χ3n) is 4.25. The molecular formula is C17H24F3N3O3. The van der Waals surface area contributed by atoms with Crippen LogP contribution < -0.4 is 20.1 Å². The summed E-state index contributed by atoms with van der Waals surface area (Å²) in [7, 11) is 0. The van der Waals surface area contributed by atoms with E-state index in [0.29, 0.717) is 5.92 Å². The molecule has 1 aliphatic rings. The van der Waals surface area contributed by atoms with Crippen LogP contribution in [0, 0.1) is 11.3 Å². The minimum Gasteiger partial charge on any atom is -0.474 e. The third-order valence-corrected chi connectivity index (χ3v) is 4.25. The first-order chi connectivity index (χ1) is 12.1. The van der Waals surface area contributed by atoms with E-state index in [1.54, 1.807) is 13.8 Å². The number of piperidine rings is 1. The van der Waals surface area contributed by atoms with Crippen LogP contribution in [-0.2, 0) is 4.79 Å². The molecule has 6 nitrogen and oxygen atoms in total. The Kier molecular flexibility index (Phi) is 6.33. The molecule has 1 aromatic rings. The molecular weight excluding hydrogens is 351 g/mol. The summed E-state index contributed by atoms with van der Waals surface area (Å²) in [4.78, 5) is 16.3. The average Bonchev–Trinajstić information content (AvgIpc) is 2.54. The minimum atomic E-state index is -4.85. The van der Waals surface area contributed by atoms with E-state index < -0.39 is 17.5 Å². The smallest absolute Gasteiger partial charge is 0.474 e. The number of carbonyl (C=O) groups is 1. The molecule has 1 fully saturated rings. The fourth-order valence-electron chi connectivity index (χ4n) is 2.59. The summed E-state index contributed by atoms with van der Waals surface area (Å²) < 4.78 is 46.6. The normalized spacial score (nSPS) is 21.2. The van der Waals surface area contributed by atoms with Crippen LogP contribution >= 0.6 is 0 Å². The van der Waals surface area contributed by atoms with Crippen molar-refractivity contribution < 1.29 is 27.4 Å². The summed E-state index contributed by atoms with van der Waals surface area (Å²) in [6, 6.07) is 2.48.